The Hall–Kier alpha value is -2.71. The number of aryl methyl sites for hydroxylation is 1. The lowest BCUT2D eigenvalue weighted by Crippen LogP contribution is -2.36. The molecular formula is C20H21ClN4O3S. The Morgan fingerprint density at radius 2 is 1.93 bits per heavy atom. The van der Waals surface area contributed by atoms with Gasteiger partial charge in [0.2, 0.25) is 5.91 Å². The lowest BCUT2D eigenvalue weighted by Gasteiger charge is -2.18. The van der Waals surface area contributed by atoms with Crippen LogP contribution in [0.25, 0.3) is 10.2 Å². The second kappa shape index (κ2) is 8.75. The topological polar surface area (TPSA) is 84.3 Å². The molecule has 0 aliphatic heterocycles. The van der Waals surface area contributed by atoms with E-state index in [0.29, 0.717) is 44.5 Å². The first-order valence-corrected chi connectivity index (χ1v) is 10.4. The Morgan fingerprint density at radius 1 is 1.24 bits per heavy atom. The first-order valence-electron chi connectivity index (χ1n) is 9.19. The molecule has 2 heterocycles. The highest BCUT2D eigenvalue weighted by Crippen LogP contribution is 2.29. The molecule has 0 bridgehead atoms. The van der Waals surface area contributed by atoms with E-state index in [0.717, 1.165) is 11.3 Å². The van der Waals surface area contributed by atoms with Crippen LogP contribution in [0.5, 0.6) is 0 Å². The molecule has 2 amide bonds. The third-order valence-electron chi connectivity index (χ3n) is 4.67. The number of hydrogen-bond acceptors (Lipinski definition) is 5. The Kier molecular flexibility index (Phi) is 6.34. The maximum Gasteiger partial charge on any atom is 0.266 e. The van der Waals surface area contributed by atoms with Crippen molar-refractivity contribution in [2.24, 2.45) is 0 Å². The molecule has 152 valence electrons. The smallest absolute Gasteiger partial charge is 0.266 e. The molecule has 1 N–H and O–H groups in total. The van der Waals surface area contributed by atoms with E-state index in [2.05, 4.69) is 10.3 Å². The van der Waals surface area contributed by atoms with Gasteiger partial charge < -0.3 is 10.2 Å². The molecule has 1 aromatic carbocycles. The predicted molar refractivity (Wildman–Crippen MR) is 116 cm³/mol. The van der Waals surface area contributed by atoms with Gasteiger partial charge in [0.1, 0.15) is 11.4 Å². The molecule has 0 saturated heterocycles. The third kappa shape index (κ3) is 4.18. The molecule has 7 nitrogen and oxygen atoms in total. The van der Waals surface area contributed by atoms with Gasteiger partial charge in [-0.2, -0.15) is 0 Å². The van der Waals surface area contributed by atoms with E-state index < -0.39 is 0 Å². The van der Waals surface area contributed by atoms with Gasteiger partial charge in [0.05, 0.1) is 27.3 Å². The van der Waals surface area contributed by atoms with Crippen LogP contribution < -0.4 is 10.9 Å². The first kappa shape index (κ1) is 21.0. The second-order valence-electron chi connectivity index (χ2n) is 6.41. The lowest BCUT2D eigenvalue weighted by atomic mass is 10.2. The summed E-state index contributed by atoms with van der Waals surface area (Å²) in [4.78, 5) is 44.8. The zero-order valence-electron chi connectivity index (χ0n) is 16.4. The van der Waals surface area contributed by atoms with Gasteiger partial charge in [-0.05, 0) is 38.5 Å². The molecule has 0 unspecified atom stereocenters. The molecule has 0 aliphatic carbocycles. The van der Waals surface area contributed by atoms with Gasteiger partial charge in [0, 0.05) is 13.1 Å². The molecular weight excluding hydrogens is 412 g/mol. The first-order chi connectivity index (χ1) is 13.9. The summed E-state index contributed by atoms with van der Waals surface area (Å²) in [6.07, 6.45) is 1.36. The Labute approximate surface area is 176 Å². The van der Waals surface area contributed by atoms with E-state index in [1.54, 1.807) is 36.1 Å². The van der Waals surface area contributed by atoms with E-state index in [1.165, 1.54) is 10.9 Å². The molecule has 0 aliphatic rings. The maximum atomic E-state index is 12.9. The number of halogens is 1. The van der Waals surface area contributed by atoms with E-state index >= 15 is 0 Å². The summed E-state index contributed by atoms with van der Waals surface area (Å²) in [5.74, 6) is -0.508. The summed E-state index contributed by atoms with van der Waals surface area (Å²) in [5, 5.41) is 3.55. The number of nitrogens with zero attached hydrogens (tertiary/aromatic N) is 3. The Balaban J connectivity index is 1.94. The molecule has 29 heavy (non-hydrogen) atoms. The number of aromatic nitrogens is 2. The normalized spacial score (nSPS) is 10.9. The third-order valence-corrected chi connectivity index (χ3v) is 6.20. The number of thiophene rings is 1. The Bertz CT molecular complexity index is 1130. The summed E-state index contributed by atoms with van der Waals surface area (Å²) in [5.41, 5.74) is 0.698. The number of benzene rings is 1. The van der Waals surface area contributed by atoms with Crippen molar-refractivity contribution in [3.05, 3.63) is 56.4 Å². The van der Waals surface area contributed by atoms with Crippen LogP contribution in [0.1, 0.15) is 29.1 Å². The Morgan fingerprint density at radius 3 is 2.59 bits per heavy atom. The van der Waals surface area contributed by atoms with Crippen molar-refractivity contribution in [1.29, 1.82) is 0 Å². The molecule has 0 atom stereocenters. The van der Waals surface area contributed by atoms with Crippen LogP contribution in [-0.2, 0) is 11.3 Å². The van der Waals surface area contributed by atoms with Crippen molar-refractivity contribution >= 4 is 50.7 Å². The lowest BCUT2D eigenvalue weighted by molar-refractivity contribution is -0.131. The molecule has 2 aromatic heterocycles. The summed E-state index contributed by atoms with van der Waals surface area (Å²) in [6.45, 7) is 6.55. The van der Waals surface area contributed by atoms with Crippen LogP contribution >= 0.6 is 22.9 Å². The van der Waals surface area contributed by atoms with Crippen molar-refractivity contribution in [2.75, 3.05) is 18.4 Å². The minimum absolute atomic E-state index is 0.0834. The molecule has 9 heteroatoms. The van der Waals surface area contributed by atoms with Crippen LogP contribution in [0.4, 0.5) is 5.69 Å². The SMILES string of the molecule is CCN(CC)C(=O)Cn1cnc2sc(C(=O)Nc3ccccc3Cl)c(C)c2c1=O. The highest BCUT2D eigenvalue weighted by molar-refractivity contribution is 7.20. The molecule has 0 saturated carbocycles. The van der Waals surface area contributed by atoms with Gasteiger partial charge in [-0.15, -0.1) is 11.3 Å². The second-order valence-corrected chi connectivity index (χ2v) is 7.82. The summed E-state index contributed by atoms with van der Waals surface area (Å²) in [6, 6.07) is 6.93. The van der Waals surface area contributed by atoms with Crippen LogP contribution in [-0.4, -0.2) is 39.4 Å². The number of nitrogens with one attached hydrogen (secondary N) is 1. The number of anilines is 1. The molecule has 0 radical (unpaired) electrons. The molecule has 0 spiro atoms. The number of carbonyl (C=O) groups is 2. The number of amides is 2. The van der Waals surface area contributed by atoms with E-state index in [1.807, 2.05) is 13.8 Å². The number of likely N-dealkylation sites (N-methyl/N-ethyl adjacent to an activating group) is 1. The van der Waals surface area contributed by atoms with Crippen LogP contribution in [0.15, 0.2) is 35.4 Å². The summed E-state index contributed by atoms with van der Waals surface area (Å²) in [7, 11) is 0. The van der Waals surface area contributed by atoms with Gasteiger partial charge >= 0.3 is 0 Å². The van der Waals surface area contributed by atoms with Crippen LogP contribution in [0.3, 0.4) is 0 Å². The predicted octanol–water partition coefficient (Wildman–Crippen LogP) is 3.54. The maximum absolute atomic E-state index is 12.9. The standard InChI is InChI=1S/C20H21ClN4O3S/c1-4-24(5-2)15(26)10-25-11-22-19-16(20(25)28)12(3)17(29-19)18(27)23-14-9-7-6-8-13(14)21/h6-9,11H,4-5,10H2,1-3H3,(H,23,27). The van der Waals surface area contributed by atoms with Gasteiger partial charge in [0.15, 0.2) is 0 Å². The largest absolute Gasteiger partial charge is 0.342 e. The molecule has 0 fully saturated rings. The van der Waals surface area contributed by atoms with Gasteiger partial charge in [0.25, 0.3) is 11.5 Å². The molecule has 3 rings (SSSR count). The van der Waals surface area contributed by atoms with E-state index in [-0.39, 0.29) is 23.9 Å². The number of hydrogen-bond donors (Lipinski definition) is 1. The quantitative estimate of drug-likeness (QED) is 0.645. The average Bonchev–Trinajstić information content (AvgIpc) is 3.04. The van der Waals surface area contributed by atoms with E-state index in [9.17, 15) is 14.4 Å². The number of rotatable bonds is 6. The average molecular weight is 433 g/mol. The monoisotopic (exact) mass is 432 g/mol. The minimum atomic E-state index is -0.358. The number of carbonyl (C=O) groups excluding carboxylic acids is 2. The molecule has 3 aromatic rings. The fourth-order valence-corrected chi connectivity index (χ4v) is 4.27. The van der Waals surface area contributed by atoms with Gasteiger partial charge in [-0.25, -0.2) is 4.98 Å². The van der Waals surface area contributed by atoms with Crippen molar-refractivity contribution < 1.29 is 9.59 Å². The summed E-state index contributed by atoms with van der Waals surface area (Å²) < 4.78 is 1.29. The van der Waals surface area contributed by atoms with Crippen molar-refractivity contribution in [1.82, 2.24) is 14.5 Å². The van der Waals surface area contributed by atoms with Crippen LogP contribution in [0, 0.1) is 6.92 Å². The minimum Gasteiger partial charge on any atom is -0.342 e. The number of fused-ring (bicyclic) bond motifs is 1. The number of para-hydroxylation sites is 1. The fourth-order valence-electron chi connectivity index (χ4n) is 3.05. The van der Waals surface area contributed by atoms with Crippen LogP contribution in [0.2, 0.25) is 5.02 Å². The van der Waals surface area contributed by atoms with Gasteiger partial charge in [-0.3, -0.25) is 19.0 Å². The highest BCUT2D eigenvalue weighted by Gasteiger charge is 2.21. The van der Waals surface area contributed by atoms with Crippen molar-refractivity contribution in [2.45, 2.75) is 27.3 Å². The summed E-state index contributed by atoms with van der Waals surface area (Å²) >= 11 is 7.24. The van der Waals surface area contributed by atoms with E-state index in [4.69, 9.17) is 11.6 Å². The zero-order chi connectivity index (χ0) is 21.1. The van der Waals surface area contributed by atoms with Gasteiger partial charge in [-0.1, -0.05) is 23.7 Å². The van der Waals surface area contributed by atoms with Crippen molar-refractivity contribution in [3.8, 4) is 0 Å². The highest BCUT2D eigenvalue weighted by atomic mass is 35.5. The van der Waals surface area contributed by atoms with Crippen molar-refractivity contribution in [3.63, 3.8) is 0 Å². The fraction of sp³-hybridized carbons (Fsp3) is 0.300. The zero-order valence-corrected chi connectivity index (χ0v) is 17.9.